The third-order valence-corrected chi connectivity index (χ3v) is 5.14. The van der Waals surface area contributed by atoms with Crippen LogP contribution in [0.1, 0.15) is 30.0 Å². The highest BCUT2D eigenvalue weighted by atomic mass is 35.5. The number of halogens is 1. The van der Waals surface area contributed by atoms with Crippen LogP contribution in [0.4, 0.5) is 5.82 Å². The Bertz CT molecular complexity index is 923. The number of hydrogen-bond acceptors (Lipinski definition) is 7. The summed E-state index contributed by atoms with van der Waals surface area (Å²) in [6.45, 7) is 1.43. The van der Waals surface area contributed by atoms with Crippen molar-refractivity contribution in [1.29, 1.82) is 5.26 Å². The number of carbonyl (C=O) groups excluding carboxylic acids is 1. The molecule has 0 bridgehead atoms. The molecule has 2 aromatic heterocycles. The standard InChI is InChI=1S/C20H22ClN5O3/c1-28-16-9-18(23-11-15(16)21)25-19(27)8-13-7-17(29-2)20(24-10-13)14-3-5-26(12-22)6-4-14/h7,9-11,14H,3-6,8H2,1-2H3,(H,23,25,27). The van der Waals surface area contributed by atoms with Gasteiger partial charge in [0.2, 0.25) is 5.91 Å². The molecule has 0 unspecified atom stereocenters. The van der Waals surface area contributed by atoms with Crippen molar-refractivity contribution in [3.05, 3.63) is 40.8 Å². The van der Waals surface area contributed by atoms with Gasteiger partial charge in [0, 0.05) is 31.3 Å². The van der Waals surface area contributed by atoms with Gasteiger partial charge in [0.25, 0.3) is 0 Å². The van der Waals surface area contributed by atoms with Gasteiger partial charge in [-0.3, -0.25) is 9.78 Å². The van der Waals surface area contributed by atoms with E-state index in [-0.39, 0.29) is 18.2 Å². The maximum absolute atomic E-state index is 12.4. The van der Waals surface area contributed by atoms with Crippen molar-refractivity contribution in [2.24, 2.45) is 0 Å². The fourth-order valence-electron chi connectivity index (χ4n) is 3.33. The SMILES string of the molecule is COc1cc(NC(=O)Cc2cnc(C3CCN(C#N)CC3)c(OC)c2)ncc1Cl. The molecule has 1 fully saturated rings. The summed E-state index contributed by atoms with van der Waals surface area (Å²) in [7, 11) is 3.09. The predicted octanol–water partition coefficient (Wildman–Crippen LogP) is 2.99. The van der Waals surface area contributed by atoms with Gasteiger partial charge in [-0.2, -0.15) is 5.26 Å². The molecule has 3 rings (SSSR count). The number of nitriles is 1. The molecule has 8 nitrogen and oxygen atoms in total. The Kier molecular flexibility index (Phi) is 6.73. The second-order valence-electron chi connectivity index (χ2n) is 6.72. The van der Waals surface area contributed by atoms with Crippen LogP contribution in [0.5, 0.6) is 11.5 Å². The quantitative estimate of drug-likeness (QED) is 0.723. The van der Waals surface area contributed by atoms with Crippen LogP contribution in [-0.2, 0) is 11.2 Å². The summed E-state index contributed by atoms with van der Waals surface area (Å²) in [5, 5.41) is 12.1. The number of aromatic nitrogens is 2. The lowest BCUT2D eigenvalue weighted by Crippen LogP contribution is -2.29. The van der Waals surface area contributed by atoms with Crippen molar-refractivity contribution >= 4 is 23.3 Å². The fourth-order valence-corrected chi connectivity index (χ4v) is 3.51. The number of likely N-dealkylation sites (tertiary alicyclic amines) is 1. The van der Waals surface area contributed by atoms with Gasteiger partial charge in [-0.1, -0.05) is 11.6 Å². The Morgan fingerprint density at radius 3 is 2.62 bits per heavy atom. The second kappa shape index (κ2) is 9.43. The molecule has 3 heterocycles. The van der Waals surface area contributed by atoms with Gasteiger partial charge in [0.05, 0.1) is 32.5 Å². The number of hydrogen-bond donors (Lipinski definition) is 1. The number of rotatable bonds is 6. The summed E-state index contributed by atoms with van der Waals surface area (Å²) >= 11 is 5.95. The first kappa shape index (κ1) is 20.7. The van der Waals surface area contributed by atoms with Gasteiger partial charge in [-0.25, -0.2) is 4.98 Å². The zero-order valence-electron chi connectivity index (χ0n) is 16.3. The second-order valence-corrected chi connectivity index (χ2v) is 7.13. The first-order valence-corrected chi connectivity index (χ1v) is 9.58. The van der Waals surface area contributed by atoms with Gasteiger partial charge in [-0.05, 0) is 24.5 Å². The van der Waals surface area contributed by atoms with Gasteiger partial charge in [-0.15, -0.1) is 0 Å². The minimum Gasteiger partial charge on any atom is -0.495 e. The van der Waals surface area contributed by atoms with E-state index in [9.17, 15) is 4.79 Å². The molecular weight excluding hydrogens is 394 g/mol. The Morgan fingerprint density at radius 1 is 1.24 bits per heavy atom. The number of methoxy groups -OCH3 is 2. The minimum absolute atomic E-state index is 0.128. The van der Waals surface area contributed by atoms with E-state index in [1.54, 1.807) is 24.3 Å². The van der Waals surface area contributed by atoms with Gasteiger partial charge < -0.3 is 19.7 Å². The molecule has 0 atom stereocenters. The Labute approximate surface area is 174 Å². The molecule has 1 N–H and O–H groups in total. The predicted molar refractivity (Wildman–Crippen MR) is 108 cm³/mol. The number of anilines is 1. The van der Waals surface area contributed by atoms with E-state index in [0.29, 0.717) is 35.4 Å². The molecule has 9 heteroatoms. The molecule has 0 radical (unpaired) electrons. The number of piperidine rings is 1. The van der Waals surface area contributed by atoms with E-state index >= 15 is 0 Å². The van der Waals surface area contributed by atoms with Crippen molar-refractivity contribution in [3.63, 3.8) is 0 Å². The number of pyridine rings is 2. The Hall–Kier alpha value is -3.05. The molecule has 29 heavy (non-hydrogen) atoms. The molecule has 152 valence electrons. The van der Waals surface area contributed by atoms with Crippen molar-refractivity contribution in [1.82, 2.24) is 14.9 Å². The molecule has 0 aliphatic carbocycles. The lowest BCUT2D eigenvalue weighted by atomic mass is 9.92. The summed E-state index contributed by atoms with van der Waals surface area (Å²) in [5.74, 6) is 1.46. The fraction of sp³-hybridized carbons (Fsp3) is 0.400. The average Bonchev–Trinajstić information content (AvgIpc) is 2.75. The number of ether oxygens (including phenoxy) is 2. The number of carbonyl (C=O) groups is 1. The van der Waals surface area contributed by atoms with Crippen molar-refractivity contribution in [2.45, 2.75) is 25.2 Å². The molecule has 0 saturated carbocycles. The van der Waals surface area contributed by atoms with Crippen LogP contribution in [0.2, 0.25) is 5.02 Å². The monoisotopic (exact) mass is 415 g/mol. The highest BCUT2D eigenvalue weighted by molar-refractivity contribution is 6.32. The smallest absolute Gasteiger partial charge is 0.230 e. The van der Waals surface area contributed by atoms with Crippen LogP contribution in [0.25, 0.3) is 0 Å². The van der Waals surface area contributed by atoms with Crippen LogP contribution in [0.15, 0.2) is 24.5 Å². The number of nitrogens with zero attached hydrogens (tertiary/aromatic N) is 4. The molecule has 0 aromatic carbocycles. The summed E-state index contributed by atoms with van der Waals surface area (Å²) < 4.78 is 10.6. The third-order valence-electron chi connectivity index (χ3n) is 4.85. The topological polar surface area (TPSA) is 100 Å². The molecule has 1 aliphatic rings. The Balaban J connectivity index is 1.67. The maximum atomic E-state index is 12.4. The van der Waals surface area contributed by atoms with Crippen LogP contribution < -0.4 is 14.8 Å². The van der Waals surface area contributed by atoms with Gasteiger partial charge >= 0.3 is 0 Å². The molecular formula is C20H22ClN5O3. The highest BCUT2D eigenvalue weighted by Crippen LogP contribution is 2.33. The van der Waals surface area contributed by atoms with Crippen molar-refractivity contribution in [3.8, 4) is 17.7 Å². The average molecular weight is 416 g/mol. The van der Waals surface area contributed by atoms with Crippen LogP contribution in [0.3, 0.4) is 0 Å². The van der Waals surface area contributed by atoms with E-state index in [1.807, 2.05) is 6.07 Å². The van der Waals surface area contributed by atoms with Crippen LogP contribution in [0, 0.1) is 11.5 Å². The zero-order chi connectivity index (χ0) is 20.8. The maximum Gasteiger partial charge on any atom is 0.230 e. The molecule has 2 aromatic rings. The van der Waals surface area contributed by atoms with E-state index in [0.717, 1.165) is 24.1 Å². The number of amides is 1. The Morgan fingerprint density at radius 2 is 1.97 bits per heavy atom. The summed E-state index contributed by atoms with van der Waals surface area (Å²) in [6.07, 6.45) is 7.13. The molecule has 1 amide bonds. The summed E-state index contributed by atoms with van der Waals surface area (Å²) in [4.78, 5) is 22.8. The van der Waals surface area contributed by atoms with E-state index in [4.69, 9.17) is 26.3 Å². The van der Waals surface area contributed by atoms with Crippen molar-refractivity contribution < 1.29 is 14.3 Å². The molecule has 0 spiro atoms. The zero-order valence-corrected chi connectivity index (χ0v) is 17.1. The van der Waals surface area contributed by atoms with Crippen LogP contribution in [-0.4, -0.2) is 48.1 Å². The highest BCUT2D eigenvalue weighted by Gasteiger charge is 2.24. The van der Waals surface area contributed by atoms with Crippen LogP contribution >= 0.6 is 11.6 Å². The largest absolute Gasteiger partial charge is 0.495 e. The van der Waals surface area contributed by atoms with E-state index in [2.05, 4.69) is 21.5 Å². The first-order valence-electron chi connectivity index (χ1n) is 9.21. The molecule has 1 aliphatic heterocycles. The first-order chi connectivity index (χ1) is 14.0. The number of nitrogens with one attached hydrogen (secondary N) is 1. The third kappa shape index (κ3) is 5.06. The van der Waals surface area contributed by atoms with Crippen molar-refractivity contribution in [2.75, 3.05) is 32.6 Å². The van der Waals surface area contributed by atoms with Gasteiger partial charge in [0.15, 0.2) is 6.19 Å². The lowest BCUT2D eigenvalue weighted by molar-refractivity contribution is -0.115. The van der Waals surface area contributed by atoms with Gasteiger partial charge in [0.1, 0.15) is 22.3 Å². The molecule has 1 saturated heterocycles. The lowest BCUT2D eigenvalue weighted by Gasteiger charge is -2.28. The van der Waals surface area contributed by atoms with E-state index < -0.39 is 0 Å². The normalized spacial score (nSPS) is 14.2. The van der Waals surface area contributed by atoms with E-state index in [1.165, 1.54) is 13.3 Å². The summed E-state index contributed by atoms with van der Waals surface area (Å²) in [5.41, 5.74) is 1.61. The summed E-state index contributed by atoms with van der Waals surface area (Å²) in [6, 6.07) is 3.41. The minimum atomic E-state index is -0.235.